The van der Waals surface area contributed by atoms with Gasteiger partial charge in [0, 0.05) is 0 Å². The zero-order valence-corrected chi connectivity index (χ0v) is 9.68. The van der Waals surface area contributed by atoms with Gasteiger partial charge in [-0.05, 0) is 6.42 Å². The number of nitrogens with one attached hydrogen (secondary N) is 1. The van der Waals surface area contributed by atoms with Gasteiger partial charge in [0.15, 0.2) is 0 Å². The highest BCUT2D eigenvalue weighted by atomic mass is 35.5. The fourth-order valence-electron chi connectivity index (χ4n) is 1.60. The zero-order chi connectivity index (χ0) is 11.7. The van der Waals surface area contributed by atoms with E-state index in [-0.39, 0.29) is 24.7 Å². The minimum atomic E-state index is -0.819. The number of nitrogens with two attached hydrogens (primary N) is 2. The lowest BCUT2D eigenvalue weighted by molar-refractivity contribution is -0.122. The molecule has 1 aromatic rings. The van der Waals surface area contributed by atoms with Crippen molar-refractivity contribution in [2.24, 2.45) is 17.4 Å². The molecule has 0 saturated carbocycles. The molecule has 0 radical (unpaired) electrons. The first-order valence-electron chi connectivity index (χ1n) is 4.81. The molecule has 0 aromatic carbocycles. The topological polar surface area (TPSA) is 129 Å². The van der Waals surface area contributed by atoms with Crippen LogP contribution >= 0.6 is 12.4 Å². The summed E-state index contributed by atoms with van der Waals surface area (Å²) in [5, 5.41) is 6.50. The van der Waals surface area contributed by atoms with Crippen LogP contribution in [0.4, 0.5) is 5.95 Å². The standard InChI is InChI=1S/C8H12N6O2.ClH/c9-5(6(10)15)1-4-2-14-8(11-3-12-14)13-7(4)16;/h3-5H,1-2,9H2,(H2,10,15)(H,11,12,13,16);1H/t4?,5-;/m0./s1. The first-order valence-corrected chi connectivity index (χ1v) is 4.81. The highest BCUT2D eigenvalue weighted by molar-refractivity contribution is 5.92. The quantitative estimate of drug-likeness (QED) is 0.607. The highest BCUT2D eigenvalue weighted by Gasteiger charge is 2.29. The van der Waals surface area contributed by atoms with Crippen molar-refractivity contribution in [3.63, 3.8) is 0 Å². The normalized spacial score (nSPS) is 19.8. The van der Waals surface area contributed by atoms with E-state index in [9.17, 15) is 9.59 Å². The van der Waals surface area contributed by atoms with E-state index in [1.807, 2.05) is 0 Å². The Morgan fingerprint density at radius 1 is 1.71 bits per heavy atom. The summed E-state index contributed by atoms with van der Waals surface area (Å²) in [7, 11) is 0. The van der Waals surface area contributed by atoms with Crippen LogP contribution in [0, 0.1) is 5.92 Å². The SMILES string of the molecule is Cl.NC(=O)[C@@H](N)CC1Cn2ncnc2NC1=O. The summed E-state index contributed by atoms with van der Waals surface area (Å²) in [6.45, 7) is 0.363. The largest absolute Gasteiger partial charge is 0.368 e. The molecule has 2 heterocycles. The number of nitrogens with zero attached hydrogens (tertiary/aromatic N) is 3. The molecule has 0 saturated heterocycles. The molecular formula is C8H13ClN6O2. The predicted molar refractivity (Wildman–Crippen MR) is 61.2 cm³/mol. The number of rotatable bonds is 3. The van der Waals surface area contributed by atoms with Crippen LogP contribution in [-0.2, 0) is 16.1 Å². The number of halogens is 1. The number of primary amides is 1. The van der Waals surface area contributed by atoms with Crippen LogP contribution in [0.5, 0.6) is 0 Å². The molecule has 0 aliphatic carbocycles. The minimum Gasteiger partial charge on any atom is -0.368 e. The molecule has 9 heteroatoms. The zero-order valence-electron chi connectivity index (χ0n) is 8.87. The highest BCUT2D eigenvalue weighted by Crippen LogP contribution is 2.18. The van der Waals surface area contributed by atoms with Crippen LogP contribution in [0.1, 0.15) is 6.42 Å². The lowest BCUT2D eigenvalue weighted by atomic mass is 9.98. The van der Waals surface area contributed by atoms with Crippen LogP contribution in [0.3, 0.4) is 0 Å². The Morgan fingerprint density at radius 2 is 2.41 bits per heavy atom. The van der Waals surface area contributed by atoms with Crippen LogP contribution in [0.25, 0.3) is 0 Å². The number of hydrogen-bond acceptors (Lipinski definition) is 5. The third-order valence-corrected chi connectivity index (χ3v) is 2.52. The number of amides is 2. The van der Waals surface area contributed by atoms with Crippen LogP contribution in [0.15, 0.2) is 6.33 Å². The third-order valence-electron chi connectivity index (χ3n) is 2.52. The fraction of sp³-hybridized carbons (Fsp3) is 0.500. The Morgan fingerprint density at radius 3 is 3.06 bits per heavy atom. The summed E-state index contributed by atoms with van der Waals surface area (Å²) in [6, 6.07) is -0.819. The van der Waals surface area contributed by atoms with Gasteiger partial charge in [-0.15, -0.1) is 12.4 Å². The number of aromatic nitrogens is 3. The van der Waals surface area contributed by atoms with Crippen molar-refractivity contribution in [1.29, 1.82) is 0 Å². The molecule has 0 fully saturated rings. The fourth-order valence-corrected chi connectivity index (χ4v) is 1.60. The summed E-state index contributed by atoms with van der Waals surface area (Å²) in [6.07, 6.45) is 1.56. The molecule has 1 aliphatic rings. The number of anilines is 1. The van der Waals surface area contributed by atoms with Gasteiger partial charge in [0.2, 0.25) is 17.8 Å². The Labute approximate surface area is 103 Å². The van der Waals surface area contributed by atoms with Gasteiger partial charge in [-0.1, -0.05) is 0 Å². The number of carbonyl (C=O) groups is 2. The van der Waals surface area contributed by atoms with Gasteiger partial charge in [0.05, 0.1) is 18.5 Å². The summed E-state index contributed by atoms with van der Waals surface area (Å²) in [4.78, 5) is 26.3. The average molecular weight is 261 g/mol. The van der Waals surface area contributed by atoms with Crippen molar-refractivity contribution in [2.75, 3.05) is 5.32 Å². The molecule has 1 aliphatic heterocycles. The summed E-state index contributed by atoms with van der Waals surface area (Å²) >= 11 is 0. The summed E-state index contributed by atoms with van der Waals surface area (Å²) < 4.78 is 1.56. The lowest BCUT2D eigenvalue weighted by Crippen LogP contribution is -2.43. The molecule has 1 unspecified atom stereocenters. The number of fused-ring (bicyclic) bond motifs is 1. The molecule has 2 atom stereocenters. The third kappa shape index (κ3) is 2.71. The first-order chi connectivity index (χ1) is 7.58. The second-order valence-corrected chi connectivity index (χ2v) is 3.70. The van der Waals surface area contributed by atoms with E-state index in [1.165, 1.54) is 6.33 Å². The van der Waals surface area contributed by atoms with E-state index in [4.69, 9.17) is 11.5 Å². The van der Waals surface area contributed by atoms with E-state index >= 15 is 0 Å². The van der Waals surface area contributed by atoms with Crippen molar-refractivity contribution >= 4 is 30.2 Å². The molecular weight excluding hydrogens is 248 g/mol. The molecule has 17 heavy (non-hydrogen) atoms. The van der Waals surface area contributed by atoms with E-state index in [0.29, 0.717) is 12.5 Å². The monoisotopic (exact) mass is 260 g/mol. The first kappa shape index (κ1) is 13.4. The smallest absolute Gasteiger partial charge is 0.234 e. The molecule has 2 amide bonds. The van der Waals surface area contributed by atoms with Gasteiger partial charge < -0.3 is 11.5 Å². The van der Waals surface area contributed by atoms with Crippen molar-refractivity contribution < 1.29 is 9.59 Å². The van der Waals surface area contributed by atoms with E-state index in [1.54, 1.807) is 4.68 Å². The van der Waals surface area contributed by atoms with E-state index < -0.39 is 17.9 Å². The lowest BCUT2D eigenvalue weighted by Gasteiger charge is -2.23. The van der Waals surface area contributed by atoms with Crippen molar-refractivity contribution in [3.05, 3.63) is 6.33 Å². The average Bonchev–Trinajstić information content (AvgIpc) is 2.65. The molecule has 8 nitrogen and oxygen atoms in total. The second kappa shape index (κ2) is 5.11. The van der Waals surface area contributed by atoms with Gasteiger partial charge in [-0.2, -0.15) is 10.1 Å². The minimum absolute atomic E-state index is 0. The maximum Gasteiger partial charge on any atom is 0.234 e. The van der Waals surface area contributed by atoms with Gasteiger partial charge in [0.1, 0.15) is 6.33 Å². The van der Waals surface area contributed by atoms with E-state index in [0.717, 1.165) is 0 Å². The summed E-state index contributed by atoms with van der Waals surface area (Å²) in [5.41, 5.74) is 10.5. The maximum absolute atomic E-state index is 11.6. The molecule has 0 bridgehead atoms. The molecule has 0 spiro atoms. The van der Waals surface area contributed by atoms with Gasteiger partial charge in [-0.3, -0.25) is 14.9 Å². The maximum atomic E-state index is 11.6. The Balaban J connectivity index is 0.00000144. The molecule has 1 aromatic heterocycles. The van der Waals surface area contributed by atoms with Crippen LogP contribution < -0.4 is 16.8 Å². The van der Waals surface area contributed by atoms with Gasteiger partial charge in [0.25, 0.3) is 0 Å². The Hall–Kier alpha value is -1.67. The summed E-state index contributed by atoms with van der Waals surface area (Å²) in [5.74, 6) is -0.819. The molecule has 2 rings (SSSR count). The molecule has 94 valence electrons. The molecule has 5 N–H and O–H groups in total. The number of carbonyl (C=O) groups excluding carboxylic acids is 2. The Kier molecular flexibility index (Phi) is 4.02. The van der Waals surface area contributed by atoms with Gasteiger partial charge >= 0.3 is 0 Å². The van der Waals surface area contributed by atoms with Gasteiger partial charge in [-0.25, -0.2) is 4.68 Å². The van der Waals surface area contributed by atoms with E-state index in [2.05, 4.69) is 15.4 Å². The Bertz CT molecular complexity index is 433. The predicted octanol–water partition coefficient (Wildman–Crippen LogP) is -1.53. The van der Waals surface area contributed by atoms with Crippen molar-refractivity contribution in [2.45, 2.75) is 19.0 Å². The van der Waals surface area contributed by atoms with Crippen LogP contribution in [-0.4, -0.2) is 32.6 Å². The number of hydrogen-bond donors (Lipinski definition) is 3. The van der Waals surface area contributed by atoms with Crippen molar-refractivity contribution in [3.8, 4) is 0 Å². The second-order valence-electron chi connectivity index (χ2n) is 3.70. The van der Waals surface area contributed by atoms with Crippen molar-refractivity contribution in [1.82, 2.24) is 14.8 Å². The van der Waals surface area contributed by atoms with Crippen LogP contribution in [0.2, 0.25) is 0 Å².